The lowest BCUT2D eigenvalue weighted by Gasteiger charge is -2.10. The molecule has 1 rings (SSSR count). The lowest BCUT2D eigenvalue weighted by Crippen LogP contribution is -2.34. The predicted molar refractivity (Wildman–Crippen MR) is 67.4 cm³/mol. The fourth-order valence-corrected chi connectivity index (χ4v) is 1.62. The summed E-state index contributed by atoms with van der Waals surface area (Å²) in [4.78, 5) is 11.5. The molecular weight excluding hydrogens is 202 g/mol. The van der Waals surface area contributed by atoms with Gasteiger partial charge in [-0.15, -0.1) is 0 Å². The molecule has 96 valence electrons. The van der Waals surface area contributed by atoms with E-state index in [0.717, 1.165) is 38.3 Å². The summed E-state index contributed by atoms with van der Waals surface area (Å²) in [6.45, 7) is 9.92. The Labute approximate surface area is 99.9 Å². The van der Waals surface area contributed by atoms with Gasteiger partial charge in [0.15, 0.2) is 0 Å². The lowest BCUT2D eigenvalue weighted by atomic mass is 10.1. The average Bonchev–Trinajstić information content (AvgIpc) is 2.80. The molecule has 1 atom stereocenters. The zero-order valence-electron chi connectivity index (χ0n) is 11.2. The van der Waals surface area contributed by atoms with Crippen molar-refractivity contribution in [3.8, 4) is 0 Å². The summed E-state index contributed by atoms with van der Waals surface area (Å²) in [6, 6.07) is 0. The lowest BCUT2D eigenvalue weighted by molar-refractivity contribution is -0.130. The van der Waals surface area contributed by atoms with Crippen molar-refractivity contribution in [1.29, 1.82) is 0 Å². The first-order chi connectivity index (χ1) is 7.70. The van der Waals surface area contributed by atoms with E-state index in [9.17, 15) is 4.79 Å². The SMILES string of the molecule is CC.CC(C)CCCNC(=O)C1CCCO1. The molecule has 3 nitrogen and oxygen atoms in total. The van der Waals surface area contributed by atoms with Gasteiger partial charge in [-0.05, 0) is 31.6 Å². The van der Waals surface area contributed by atoms with E-state index in [1.807, 2.05) is 13.8 Å². The zero-order valence-corrected chi connectivity index (χ0v) is 11.2. The maximum absolute atomic E-state index is 11.5. The summed E-state index contributed by atoms with van der Waals surface area (Å²) >= 11 is 0. The van der Waals surface area contributed by atoms with Crippen LogP contribution in [0, 0.1) is 5.92 Å². The minimum atomic E-state index is -0.172. The molecule has 1 saturated heterocycles. The number of rotatable bonds is 5. The Bertz CT molecular complexity index is 175. The predicted octanol–water partition coefficient (Wildman–Crippen LogP) is 2.74. The second kappa shape index (κ2) is 9.64. The van der Waals surface area contributed by atoms with Gasteiger partial charge < -0.3 is 10.1 Å². The first kappa shape index (κ1) is 15.4. The third-order valence-electron chi connectivity index (χ3n) is 2.48. The van der Waals surface area contributed by atoms with E-state index in [-0.39, 0.29) is 12.0 Å². The highest BCUT2D eigenvalue weighted by Gasteiger charge is 2.22. The molecular formula is C13H27NO2. The van der Waals surface area contributed by atoms with Gasteiger partial charge in [-0.2, -0.15) is 0 Å². The quantitative estimate of drug-likeness (QED) is 0.736. The number of hydrogen-bond donors (Lipinski definition) is 1. The van der Waals surface area contributed by atoms with Crippen LogP contribution in [0.4, 0.5) is 0 Å². The Morgan fingerprint density at radius 1 is 1.44 bits per heavy atom. The molecule has 16 heavy (non-hydrogen) atoms. The highest BCUT2D eigenvalue weighted by atomic mass is 16.5. The third-order valence-corrected chi connectivity index (χ3v) is 2.48. The molecule has 1 aliphatic heterocycles. The fraction of sp³-hybridized carbons (Fsp3) is 0.923. The summed E-state index contributed by atoms with van der Waals surface area (Å²) in [5.41, 5.74) is 0. The van der Waals surface area contributed by atoms with Crippen molar-refractivity contribution < 1.29 is 9.53 Å². The maximum Gasteiger partial charge on any atom is 0.249 e. The normalized spacial score (nSPS) is 19.2. The monoisotopic (exact) mass is 229 g/mol. The van der Waals surface area contributed by atoms with E-state index in [0.29, 0.717) is 0 Å². The number of ether oxygens (including phenoxy) is 1. The molecule has 0 bridgehead atoms. The molecule has 3 heteroatoms. The Morgan fingerprint density at radius 2 is 2.12 bits per heavy atom. The number of nitrogens with one attached hydrogen (secondary N) is 1. The largest absolute Gasteiger partial charge is 0.368 e. The van der Waals surface area contributed by atoms with Crippen LogP contribution in [0.15, 0.2) is 0 Å². The van der Waals surface area contributed by atoms with Crippen LogP contribution in [0.25, 0.3) is 0 Å². The second-order valence-corrected chi connectivity index (χ2v) is 4.33. The third kappa shape index (κ3) is 6.83. The Kier molecular flexibility index (Phi) is 9.30. The van der Waals surface area contributed by atoms with E-state index in [4.69, 9.17) is 4.74 Å². The van der Waals surface area contributed by atoms with Crippen molar-refractivity contribution in [2.45, 2.75) is 59.5 Å². The summed E-state index contributed by atoms with van der Waals surface area (Å²) in [6.07, 6.45) is 3.97. The fourth-order valence-electron chi connectivity index (χ4n) is 1.62. The van der Waals surface area contributed by atoms with Crippen molar-refractivity contribution >= 4 is 5.91 Å². The molecule has 0 aliphatic carbocycles. The molecule has 0 aromatic rings. The minimum absolute atomic E-state index is 0.0752. The Hall–Kier alpha value is -0.570. The summed E-state index contributed by atoms with van der Waals surface area (Å²) in [5.74, 6) is 0.792. The van der Waals surface area contributed by atoms with Gasteiger partial charge in [0.25, 0.3) is 0 Å². The van der Waals surface area contributed by atoms with Crippen molar-refractivity contribution in [3.63, 3.8) is 0 Å². The molecule has 0 saturated carbocycles. The molecule has 0 aromatic heterocycles. The van der Waals surface area contributed by atoms with Crippen LogP contribution in [0.3, 0.4) is 0 Å². The number of carbonyl (C=O) groups excluding carboxylic acids is 1. The van der Waals surface area contributed by atoms with E-state index in [1.54, 1.807) is 0 Å². The molecule has 0 aromatic carbocycles. The van der Waals surface area contributed by atoms with E-state index >= 15 is 0 Å². The van der Waals surface area contributed by atoms with Crippen LogP contribution >= 0.6 is 0 Å². The smallest absolute Gasteiger partial charge is 0.249 e. The van der Waals surface area contributed by atoms with Gasteiger partial charge in [-0.1, -0.05) is 27.7 Å². The Balaban J connectivity index is 0.00000106. The summed E-state index contributed by atoms with van der Waals surface area (Å²) in [5, 5.41) is 2.92. The van der Waals surface area contributed by atoms with Crippen molar-refractivity contribution in [2.24, 2.45) is 5.92 Å². The molecule has 1 aliphatic rings. The van der Waals surface area contributed by atoms with Crippen LogP contribution in [0.5, 0.6) is 0 Å². The molecule has 1 unspecified atom stereocenters. The van der Waals surface area contributed by atoms with Crippen LogP contribution < -0.4 is 5.32 Å². The Morgan fingerprint density at radius 3 is 2.62 bits per heavy atom. The van der Waals surface area contributed by atoms with E-state index in [2.05, 4.69) is 19.2 Å². The standard InChI is InChI=1S/C11H21NO2.C2H6/c1-9(2)5-3-7-12-11(13)10-6-4-8-14-10;1-2/h9-10H,3-8H2,1-2H3,(H,12,13);1-2H3. The summed E-state index contributed by atoms with van der Waals surface area (Å²) < 4.78 is 5.28. The maximum atomic E-state index is 11.5. The van der Waals surface area contributed by atoms with Gasteiger partial charge in [0.2, 0.25) is 5.91 Å². The zero-order chi connectivity index (χ0) is 12.4. The van der Waals surface area contributed by atoms with Gasteiger partial charge in [0.05, 0.1) is 0 Å². The number of hydrogen-bond acceptors (Lipinski definition) is 2. The first-order valence-electron chi connectivity index (χ1n) is 6.59. The van der Waals surface area contributed by atoms with Crippen molar-refractivity contribution in [3.05, 3.63) is 0 Å². The number of carbonyl (C=O) groups is 1. The minimum Gasteiger partial charge on any atom is -0.368 e. The van der Waals surface area contributed by atoms with Gasteiger partial charge in [-0.3, -0.25) is 4.79 Å². The molecule has 0 spiro atoms. The van der Waals surface area contributed by atoms with E-state index < -0.39 is 0 Å². The average molecular weight is 229 g/mol. The van der Waals surface area contributed by atoms with Crippen LogP contribution in [-0.4, -0.2) is 25.2 Å². The topological polar surface area (TPSA) is 38.3 Å². The summed E-state index contributed by atoms with van der Waals surface area (Å²) in [7, 11) is 0. The van der Waals surface area contributed by atoms with Crippen molar-refractivity contribution in [1.82, 2.24) is 5.32 Å². The van der Waals surface area contributed by atoms with E-state index in [1.165, 1.54) is 6.42 Å². The highest BCUT2D eigenvalue weighted by molar-refractivity contribution is 5.80. The van der Waals surface area contributed by atoms with Gasteiger partial charge in [0.1, 0.15) is 6.10 Å². The molecule has 1 heterocycles. The molecule has 1 N–H and O–H groups in total. The molecule has 0 radical (unpaired) electrons. The highest BCUT2D eigenvalue weighted by Crippen LogP contribution is 2.11. The molecule has 1 fully saturated rings. The van der Waals surface area contributed by atoms with Gasteiger partial charge in [0, 0.05) is 13.2 Å². The van der Waals surface area contributed by atoms with Crippen LogP contribution in [0.2, 0.25) is 0 Å². The second-order valence-electron chi connectivity index (χ2n) is 4.33. The van der Waals surface area contributed by atoms with Gasteiger partial charge >= 0.3 is 0 Å². The first-order valence-corrected chi connectivity index (χ1v) is 6.59. The molecule has 1 amide bonds. The van der Waals surface area contributed by atoms with Gasteiger partial charge in [-0.25, -0.2) is 0 Å². The van der Waals surface area contributed by atoms with Crippen LogP contribution in [0.1, 0.15) is 53.4 Å². The van der Waals surface area contributed by atoms with Crippen molar-refractivity contribution in [2.75, 3.05) is 13.2 Å². The number of amides is 1. The van der Waals surface area contributed by atoms with Crippen LogP contribution in [-0.2, 0) is 9.53 Å².